The van der Waals surface area contributed by atoms with E-state index in [9.17, 15) is 14.4 Å². The van der Waals surface area contributed by atoms with Gasteiger partial charge in [-0.25, -0.2) is 9.69 Å². The van der Waals surface area contributed by atoms with E-state index in [-0.39, 0.29) is 0 Å². The van der Waals surface area contributed by atoms with Crippen LogP contribution in [0.3, 0.4) is 0 Å². The van der Waals surface area contributed by atoms with Crippen molar-refractivity contribution in [3.05, 3.63) is 29.8 Å². The first-order valence-corrected chi connectivity index (χ1v) is 10.2. The summed E-state index contributed by atoms with van der Waals surface area (Å²) in [5, 5.41) is 2.31. The number of aliphatic imine (C=N–C) groups is 1. The highest BCUT2D eigenvalue weighted by atomic mass is 16.5. The Morgan fingerprint density at radius 1 is 1.21 bits per heavy atom. The zero-order valence-electron chi connectivity index (χ0n) is 17.1. The Hall–Kier alpha value is -2.58. The molecular weight excluding hydrogens is 372 g/mol. The van der Waals surface area contributed by atoms with Crippen LogP contribution in [-0.4, -0.2) is 62.9 Å². The molecular formula is C21H29N4O4+. The first-order chi connectivity index (χ1) is 14.0. The molecule has 0 spiro atoms. The molecule has 0 bridgehead atoms. The van der Waals surface area contributed by atoms with E-state index in [0.717, 1.165) is 49.7 Å². The first-order valence-electron chi connectivity index (χ1n) is 10.2. The molecule has 2 fully saturated rings. The van der Waals surface area contributed by atoms with Crippen molar-refractivity contribution in [3.63, 3.8) is 0 Å². The van der Waals surface area contributed by atoms with Crippen LogP contribution in [0.15, 0.2) is 29.3 Å². The summed E-state index contributed by atoms with van der Waals surface area (Å²) in [4.78, 5) is 44.9. The van der Waals surface area contributed by atoms with Gasteiger partial charge in [0.15, 0.2) is 5.92 Å². The molecule has 2 aliphatic rings. The fourth-order valence-corrected chi connectivity index (χ4v) is 3.68. The van der Waals surface area contributed by atoms with Crippen LogP contribution in [0, 0.1) is 12.8 Å². The third-order valence-corrected chi connectivity index (χ3v) is 5.35. The Labute approximate surface area is 170 Å². The second-order valence-electron chi connectivity index (χ2n) is 7.43. The topological polar surface area (TPSA) is 92.5 Å². The van der Waals surface area contributed by atoms with Gasteiger partial charge in [-0.15, -0.1) is 0 Å². The maximum Gasteiger partial charge on any atom is 0.335 e. The lowest BCUT2D eigenvalue weighted by Gasteiger charge is -2.30. The fraction of sp³-hybridized carbons (Fsp3) is 0.524. The minimum Gasteiger partial charge on any atom is -0.370 e. The Kier molecular flexibility index (Phi) is 7.11. The number of nitrogens with zero attached hydrogens (tertiary/aromatic N) is 2. The smallest absolute Gasteiger partial charge is 0.335 e. The van der Waals surface area contributed by atoms with E-state index in [0.29, 0.717) is 24.4 Å². The molecule has 1 aromatic carbocycles. The molecule has 2 aliphatic heterocycles. The highest BCUT2D eigenvalue weighted by Gasteiger charge is 2.43. The van der Waals surface area contributed by atoms with Gasteiger partial charge in [0.2, 0.25) is 5.91 Å². The third kappa shape index (κ3) is 5.07. The summed E-state index contributed by atoms with van der Waals surface area (Å²) in [5.41, 5.74) is 1.99. The zero-order valence-corrected chi connectivity index (χ0v) is 17.1. The van der Waals surface area contributed by atoms with Crippen molar-refractivity contribution in [1.82, 2.24) is 5.32 Å². The molecule has 2 N–H and O–H groups in total. The summed E-state index contributed by atoms with van der Waals surface area (Å²) < 4.78 is 5.36. The number of urea groups is 1. The van der Waals surface area contributed by atoms with Crippen LogP contribution in [-0.2, 0) is 14.3 Å². The van der Waals surface area contributed by atoms with Crippen molar-refractivity contribution in [2.75, 3.05) is 44.3 Å². The molecule has 2 saturated heterocycles. The number of nitrogens with one attached hydrogen (secondary N) is 2. The van der Waals surface area contributed by atoms with E-state index in [1.807, 2.05) is 26.0 Å². The van der Waals surface area contributed by atoms with Crippen LogP contribution in [0.4, 0.5) is 10.5 Å². The minimum atomic E-state index is -1.06. The molecule has 3 rings (SSSR count). The predicted octanol–water partition coefficient (Wildman–Crippen LogP) is 0.350. The molecule has 0 saturated carbocycles. The number of hydrogen-bond acceptors (Lipinski definition) is 5. The van der Waals surface area contributed by atoms with Crippen molar-refractivity contribution < 1.29 is 24.0 Å². The number of aryl methyl sites for hydroxylation is 1. The summed E-state index contributed by atoms with van der Waals surface area (Å²) in [6.07, 6.45) is 1.35. The molecule has 8 nitrogen and oxygen atoms in total. The van der Waals surface area contributed by atoms with Gasteiger partial charge in [0.25, 0.3) is 5.91 Å². The molecule has 8 heteroatoms. The number of quaternary nitrogens is 1. The van der Waals surface area contributed by atoms with E-state index in [2.05, 4.69) is 10.3 Å². The highest BCUT2D eigenvalue weighted by Crippen LogP contribution is 2.22. The van der Waals surface area contributed by atoms with Gasteiger partial charge in [-0.3, -0.25) is 19.9 Å². The summed E-state index contributed by atoms with van der Waals surface area (Å²) in [7, 11) is 0. The van der Waals surface area contributed by atoms with E-state index < -0.39 is 23.8 Å². The Balaban J connectivity index is 1.69. The van der Waals surface area contributed by atoms with E-state index in [4.69, 9.17) is 4.74 Å². The van der Waals surface area contributed by atoms with Gasteiger partial charge in [0, 0.05) is 18.7 Å². The number of ether oxygens (including phenoxy) is 1. The maximum absolute atomic E-state index is 13.1. The number of benzene rings is 1. The Bertz CT molecular complexity index is 784. The Morgan fingerprint density at radius 2 is 1.90 bits per heavy atom. The number of carbonyl (C=O) groups is 3. The van der Waals surface area contributed by atoms with Crippen LogP contribution in [0.25, 0.3) is 0 Å². The largest absolute Gasteiger partial charge is 0.370 e. The quantitative estimate of drug-likeness (QED) is 0.392. The molecule has 0 radical (unpaired) electrons. The average Bonchev–Trinajstić information content (AvgIpc) is 2.71. The lowest BCUT2D eigenvalue weighted by atomic mass is 9.96. The Morgan fingerprint density at radius 3 is 2.55 bits per heavy atom. The van der Waals surface area contributed by atoms with Crippen molar-refractivity contribution in [2.24, 2.45) is 10.9 Å². The molecule has 1 atom stereocenters. The molecule has 2 heterocycles. The number of rotatable bonds is 7. The summed E-state index contributed by atoms with van der Waals surface area (Å²) in [6, 6.07) is 6.33. The molecule has 0 aromatic heterocycles. The van der Waals surface area contributed by atoms with Gasteiger partial charge in [-0.1, -0.05) is 24.6 Å². The highest BCUT2D eigenvalue weighted by molar-refractivity contribution is 6.35. The monoisotopic (exact) mass is 401 g/mol. The molecule has 29 heavy (non-hydrogen) atoms. The SMILES string of the molecule is CCC(=NCCC[NH+]1CCOCC1)C1C(=O)NC(=O)N(c2ccc(C)cc2)C1=O. The van der Waals surface area contributed by atoms with Gasteiger partial charge in [-0.2, -0.15) is 0 Å². The van der Waals surface area contributed by atoms with E-state index in [1.54, 1.807) is 12.1 Å². The standard InChI is InChI=1S/C21H28N4O4/c1-3-17(22-9-4-10-24-11-13-29-14-12-24)18-19(26)23-21(28)25(20(18)27)16-7-5-15(2)6-8-16/h5-8,18H,3-4,9-14H2,1-2H3,(H,23,26,28)/p+1. The number of anilines is 1. The van der Waals surface area contributed by atoms with E-state index in [1.165, 1.54) is 4.90 Å². The third-order valence-electron chi connectivity index (χ3n) is 5.35. The second kappa shape index (κ2) is 9.76. The maximum atomic E-state index is 13.1. The minimum absolute atomic E-state index is 0.446. The van der Waals surface area contributed by atoms with Gasteiger partial charge in [-0.05, 0) is 25.5 Å². The normalized spacial score (nSPS) is 21.4. The summed E-state index contributed by atoms with van der Waals surface area (Å²) in [6.45, 7) is 8.93. The van der Waals surface area contributed by atoms with Gasteiger partial charge in [0.05, 0.1) is 25.4 Å². The molecule has 1 unspecified atom stereocenters. The number of imide groups is 2. The van der Waals surface area contributed by atoms with Crippen LogP contribution in [0.5, 0.6) is 0 Å². The van der Waals surface area contributed by atoms with Crippen molar-refractivity contribution in [2.45, 2.75) is 26.7 Å². The van der Waals surface area contributed by atoms with Crippen LogP contribution in [0.1, 0.15) is 25.3 Å². The van der Waals surface area contributed by atoms with Gasteiger partial charge in [0.1, 0.15) is 13.1 Å². The number of hydrogen-bond donors (Lipinski definition) is 2. The lowest BCUT2D eigenvalue weighted by molar-refractivity contribution is -0.908. The number of carbonyl (C=O) groups excluding carboxylic acids is 3. The van der Waals surface area contributed by atoms with E-state index >= 15 is 0 Å². The summed E-state index contributed by atoms with van der Waals surface area (Å²) in [5.74, 6) is -2.19. The molecule has 0 aliphatic carbocycles. The van der Waals surface area contributed by atoms with Crippen LogP contribution < -0.4 is 15.1 Å². The van der Waals surface area contributed by atoms with Gasteiger partial charge >= 0.3 is 6.03 Å². The number of amides is 4. The zero-order chi connectivity index (χ0) is 20.8. The summed E-state index contributed by atoms with van der Waals surface area (Å²) >= 11 is 0. The fourth-order valence-electron chi connectivity index (χ4n) is 3.68. The predicted molar refractivity (Wildman–Crippen MR) is 109 cm³/mol. The lowest BCUT2D eigenvalue weighted by Crippen LogP contribution is -3.14. The van der Waals surface area contributed by atoms with Crippen molar-refractivity contribution in [3.8, 4) is 0 Å². The van der Waals surface area contributed by atoms with Crippen LogP contribution in [0.2, 0.25) is 0 Å². The average molecular weight is 401 g/mol. The molecule has 1 aromatic rings. The van der Waals surface area contributed by atoms with Crippen molar-refractivity contribution >= 4 is 29.2 Å². The van der Waals surface area contributed by atoms with Gasteiger partial charge < -0.3 is 9.64 Å². The van der Waals surface area contributed by atoms with Crippen molar-refractivity contribution in [1.29, 1.82) is 0 Å². The number of morpholine rings is 1. The van der Waals surface area contributed by atoms with Crippen LogP contribution >= 0.6 is 0 Å². The molecule has 156 valence electrons. The first kappa shape index (κ1) is 21.1. The molecule has 4 amide bonds. The number of barbiturate groups is 1. The second-order valence-corrected chi connectivity index (χ2v) is 7.43.